The summed E-state index contributed by atoms with van der Waals surface area (Å²) in [6.07, 6.45) is 1.81. The molecule has 0 amide bonds. The van der Waals surface area contributed by atoms with Gasteiger partial charge < -0.3 is 10.1 Å². The molecule has 1 aromatic heterocycles. The number of aryl methyl sites for hydroxylation is 3. The van der Waals surface area contributed by atoms with Crippen molar-refractivity contribution in [3.8, 4) is 11.4 Å². The number of anilines is 1. The van der Waals surface area contributed by atoms with E-state index in [4.69, 9.17) is 4.74 Å². The summed E-state index contributed by atoms with van der Waals surface area (Å²) in [6, 6.07) is 17.1. The third kappa shape index (κ3) is 4.78. The summed E-state index contributed by atoms with van der Waals surface area (Å²) in [5.41, 5.74) is 5.28. The van der Waals surface area contributed by atoms with E-state index in [9.17, 15) is 8.42 Å². The molecular weight excluding hydrogens is 448 g/mol. The van der Waals surface area contributed by atoms with Crippen LogP contribution in [0.5, 0.6) is 5.75 Å². The van der Waals surface area contributed by atoms with Crippen LogP contribution >= 0.6 is 0 Å². The van der Waals surface area contributed by atoms with Crippen LogP contribution in [0.2, 0.25) is 0 Å². The minimum Gasteiger partial charge on any atom is -0.497 e. The second kappa shape index (κ2) is 9.48. The van der Waals surface area contributed by atoms with Crippen LogP contribution in [0.25, 0.3) is 16.6 Å². The second-order valence-corrected chi connectivity index (χ2v) is 10.3. The Morgan fingerprint density at radius 3 is 2.44 bits per heavy atom. The van der Waals surface area contributed by atoms with Gasteiger partial charge in [0, 0.05) is 29.7 Å². The molecule has 1 heterocycles. The minimum atomic E-state index is -3.64. The fourth-order valence-corrected chi connectivity index (χ4v) is 6.07. The monoisotopic (exact) mass is 478 g/mol. The van der Waals surface area contributed by atoms with E-state index in [0.717, 1.165) is 44.7 Å². The Hall–Kier alpha value is -3.36. The maximum absolute atomic E-state index is 13.1. The van der Waals surface area contributed by atoms with Crippen LogP contribution in [0.15, 0.2) is 65.7 Å². The van der Waals surface area contributed by atoms with Crippen molar-refractivity contribution >= 4 is 26.6 Å². The molecule has 4 aromatic rings. The Balaban J connectivity index is 1.52. The lowest BCUT2D eigenvalue weighted by molar-refractivity contribution is 0.414. The number of nitrogens with one attached hydrogen (secondary N) is 2. The van der Waals surface area contributed by atoms with E-state index in [1.807, 2.05) is 93.2 Å². The van der Waals surface area contributed by atoms with Crippen LogP contribution in [-0.4, -0.2) is 37.9 Å². The van der Waals surface area contributed by atoms with Crippen molar-refractivity contribution in [1.29, 1.82) is 0 Å². The van der Waals surface area contributed by atoms with Gasteiger partial charge in [0.05, 0.1) is 29.4 Å². The van der Waals surface area contributed by atoms with Gasteiger partial charge in [-0.3, -0.25) is 0 Å². The van der Waals surface area contributed by atoms with Crippen LogP contribution < -0.4 is 14.8 Å². The van der Waals surface area contributed by atoms with Gasteiger partial charge in [0.15, 0.2) is 0 Å². The third-order valence-corrected chi connectivity index (χ3v) is 7.63. The number of sulfonamides is 1. The highest BCUT2D eigenvalue weighted by molar-refractivity contribution is 7.89. The number of methoxy groups -OCH3 is 1. The summed E-state index contributed by atoms with van der Waals surface area (Å²) in [7, 11) is -2.00. The number of hydrogen-bond donors (Lipinski definition) is 2. The van der Waals surface area contributed by atoms with E-state index in [1.165, 1.54) is 0 Å². The van der Waals surface area contributed by atoms with Crippen LogP contribution in [0.4, 0.5) is 5.69 Å². The van der Waals surface area contributed by atoms with Crippen molar-refractivity contribution in [3.05, 3.63) is 77.5 Å². The molecule has 0 fully saturated rings. The zero-order chi connectivity index (χ0) is 24.5. The van der Waals surface area contributed by atoms with Crippen molar-refractivity contribution in [2.24, 2.45) is 0 Å². The van der Waals surface area contributed by atoms with Gasteiger partial charge in [-0.2, -0.15) is 5.10 Å². The van der Waals surface area contributed by atoms with Gasteiger partial charge in [-0.1, -0.05) is 29.8 Å². The topological polar surface area (TPSA) is 85.2 Å². The molecule has 4 rings (SSSR count). The highest BCUT2D eigenvalue weighted by Crippen LogP contribution is 2.27. The molecule has 2 N–H and O–H groups in total. The molecule has 7 nitrogen and oxygen atoms in total. The average Bonchev–Trinajstić information content (AvgIpc) is 3.21. The van der Waals surface area contributed by atoms with Crippen LogP contribution in [0.1, 0.15) is 23.6 Å². The molecular formula is C26H30N4O3S. The van der Waals surface area contributed by atoms with Gasteiger partial charge in [0.25, 0.3) is 0 Å². The first-order valence-corrected chi connectivity index (χ1v) is 12.6. The number of hydrogen-bond acceptors (Lipinski definition) is 5. The summed E-state index contributed by atoms with van der Waals surface area (Å²) in [5.74, 6) is 0.760. The van der Waals surface area contributed by atoms with E-state index in [0.29, 0.717) is 11.4 Å². The van der Waals surface area contributed by atoms with E-state index in [2.05, 4.69) is 15.1 Å². The molecule has 0 unspecified atom stereocenters. The quantitative estimate of drug-likeness (QED) is 0.382. The molecule has 1 atom stereocenters. The van der Waals surface area contributed by atoms with Gasteiger partial charge in [-0.15, -0.1) is 0 Å². The molecule has 0 saturated heterocycles. The van der Waals surface area contributed by atoms with Crippen LogP contribution in [0.3, 0.4) is 0 Å². The first-order chi connectivity index (χ1) is 16.2. The first-order valence-electron chi connectivity index (χ1n) is 11.1. The van der Waals surface area contributed by atoms with Crippen LogP contribution in [0, 0.1) is 20.8 Å². The lowest BCUT2D eigenvalue weighted by atomic mass is 10.1. The van der Waals surface area contributed by atoms with Crippen LogP contribution in [-0.2, 0) is 10.0 Å². The molecule has 34 heavy (non-hydrogen) atoms. The molecule has 178 valence electrons. The van der Waals surface area contributed by atoms with Crippen molar-refractivity contribution in [2.45, 2.75) is 38.6 Å². The van der Waals surface area contributed by atoms with Gasteiger partial charge in [0.2, 0.25) is 10.0 Å². The molecule has 0 spiro atoms. The maximum atomic E-state index is 13.1. The average molecular weight is 479 g/mol. The maximum Gasteiger partial charge on any atom is 0.241 e. The Kier molecular flexibility index (Phi) is 6.63. The lowest BCUT2D eigenvalue weighted by Gasteiger charge is -2.18. The van der Waals surface area contributed by atoms with E-state index < -0.39 is 10.0 Å². The molecule has 0 aliphatic carbocycles. The van der Waals surface area contributed by atoms with Gasteiger partial charge in [0.1, 0.15) is 5.75 Å². The Morgan fingerprint density at radius 1 is 1.03 bits per heavy atom. The number of benzene rings is 3. The standard InChI is InChI=1S/C26H30N4O3S/c1-17-12-18(2)26(19(3)13-17)34(31,32)29-20(4)15-27-24-10-7-11-25-23(24)16-28-30(25)21-8-6-9-22(14-21)33-5/h6-14,16,20,27,29H,15H2,1-5H3/t20-/m0/s1. The zero-order valence-corrected chi connectivity index (χ0v) is 20.9. The molecule has 0 radical (unpaired) electrons. The summed E-state index contributed by atoms with van der Waals surface area (Å²) in [5, 5.41) is 8.90. The number of rotatable bonds is 8. The van der Waals surface area contributed by atoms with E-state index >= 15 is 0 Å². The predicted octanol–water partition coefficient (Wildman–Crippen LogP) is 4.74. The highest BCUT2D eigenvalue weighted by Gasteiger charge is 2.22. The van der Waals surface area contributed by atoms with Crippen molar-refractivity contribution in [2.75, 3.05) is 19.0 Å². The fourth-order valence-electron chi connectivity index (χ4n) is 4.37. The van der Waals surface area contributed by atoms with E-state index in [-0.39, 0.29) is 6.04 Å². The van der Waals surface area contributed by atoms with Gasteiger partial charge in [-0.25, -0.2) is 17.8 Å². The smallest absolute Gasteiger partial charge is 0.241 e. The Morgan fingerprint density at radius 2 is 1.74 bits per heavy atom. The molecule has 3 aromatic carbocycles. The van der Waals surface area contributed by atoms with Crippen molar-refractivity contribution in [1.82, 2.24) is 14.5 Å². The highest BCUT2D eigenvalue weighted by atomic mass is 32.2. The Bertz CT molecular complexity index is 1420. The number of nitrogens with zero attached hydrogens (tertiary/aromatic N) is 2. The number of fused-ring (bicyclic) bond motifs is 1. The SMILES string of the molecule is COc1cccc(-n2ncc3c(NC[C@H](C)NS(=O)(=O)c4c(C)cc(C)cc4C)cccc32)c1. The zero-order valence-electron chi connectivity index (χ0n) is 20.1. The lowest BCUT2D eigenvalue weighted by Crippen LogP contribution is -2.38. The summed E-state index contributed by atoms with van der Waals surface area (Å²) in [4.78, 5) is 0.353. The van der Waals surface area contributed by atoms with Gasteiger partial charge in [-0.05, 0) is 63.1 Å². The number of aromatic nitrogens is 2. The molecule has 0 aliphatic rings. The Labute approximate surface area is 200 Å². The first kappa shape index (κ1) is 23.8. The summed E-state index contributed by atoms with van der Waals surface area (Å²) >= 11 is 0. The second-order valence-electron chi connectivity index (χ2n) is 8.63. The van der Waals surface area contributed by atoms with Gasteiger partial charge >= 0.3 is 0 Å². The summed E-state index contributed by atoms with van der Waals surface area (Å²) < 4.78 is 36.1. The van der Waals surface area contributed by atoms with Crippen molar-refractivity contribution in [3.63, 3.8) is 0 Å². The fraction of sp³-hybridized carbons (Fsp3) is 0.269. The third-order valence-electron chi connectivity index (χ3n) is 5.74. The van der Waals surface area contributed by atoms with E-state index in [1.54, 1.807) is 7.11 Å². The largest absolute Gasteiger partial charge is 0.497 e. The minimum absolute atomic E-state index is 0.325. The summed E-state index contributed by atoms with van der Waals surface area (Å²) in [6.45, 7) is 7.90. The molecule has 0 bridgehead atoms. The normalized spacial score (nSPS) is 12.6. The van der Waals surface area contributed by atoms with Crippen molar-refractivity contribution < 1.29 is 13.2 Å². The number of ether oxygens (including phenoxy) is 1. The predicted molar refractivity (Wildman–Crippen MR) is 137 cm³/mol. The molecule has 0 aliphatic heterocycles. The molecule has 0 saturated carbocycles. The molecule has 8 heteroatoms.